The third-order valence-electron chi connectivity index (χ3n) is 6.93. The maximum absolute atomic E-state index is 13.3. The number of rotatable bonds is 5. The number of hydrogen-bond donors (Lipinski definition) is 1. The van der Waals surface area contributed by atoms with E-state index < -0.39 is 0 Å². The Morgan fingerprint density at radius 3 is 2.69 bits per heavy atom. The Morgan fingerprint density at radius 2 is 1.97 bits per heavy atom. The lowest BCUT2D eigenvalue weighted by Crippen LogP contribution is -2.48. The van der Waals surface area contributed by atoms with Gasteiger partial charge in [0.1, 0.15) is 11.9 Å². The van der Waals surface area contributed by atoms with E-state index in [4.69, 9.17) is 8.83 Å². The highest BCUT2D eigenvalue weighted by Gasteiger charge is 2.35. The average molecular weight is 489 g/mol. The molecule has 2 aliphatic rings. The van der Waals surface area contributed by atoms with Crippen LogP contribution >= 0.6 is 0 Å². The zero-order chi connectivity index (χ0) is 25.1. The second-order valence-electron chi connectivity index (χ2n) is 9.30. The Bertz CT molecular complexity index is 1270. The summed E-state index contributed by atoms with van der Waals surface area (Å²) >= 11 is 0. The summed E-state index contributed by atoms with van der Waals surface area (Å²) in [6.45, 7) is 4.15. The first-order valence-electron chi connectivity index (χ1n) is 12.2. The van der Waals surface area contributed by atoms with E-state index in [1.165, 1.54) is 6.26 Å². The minimum atomic E-state index is -0.253. The van der Waals surface area contributed by atoms with Crippen molar-refractivity contribution in [3.8, 4) is 17.7 Å². The predicted molar refractivity (Wildman–Crippen MR) is 131 cm³/mol. The van der Waals surface area contributed by atoms with Crippen LogP contribution in [0.25, 0.3) is 11.7 Å². The number of amides is 2. The molecule has 2 fully saturated rings. The molecule has 1 N–H and O–H groups in total. The molecule has 1 unspecified atom stereocenters. The largest absolute Gasteiger partial charge is 0.459 e. The molecule has 0 radical (unpaired) electrons. The Labute approximate surface area is 208 Å². The summed E-state index contributed by atoms with van der Waals surface area (Å²) in [7, 11) is 0. The molecule has 36 heavy (non-hydrogen) atoms. The molecular weight excluding hydrogens is 460 g/mol. The zero-order valence-electron chi connectivity index (χ0n) is 20.1. The van der Waals surface area contributed by atoms with Crippen LogP contribution < -0.4 is 10.2 Å². The molecule has 10 heteroatoms. The molecule has 0 saturated carbocycles. The summed E-state index contributed by atoms with van der Waals surface area (Å²) in [5.41, 5.74) is 1.11. The van der Waals surface area contributed by atoms with E-state index in [1.807, 2.05) is 28.9 Å². The molecule has 3 aromatic rings. The number of carbonyl (C=O) groups is 2. The van der Waals surface area contributed by atoms with Crippen LogP contribution in [0.5, 0.6) is 0 Å². The summed E-state index contributed by atoms with van der Waals surface area (Å²) in [5.74, 6) is 1.33. The van der Waals surface area contributed by atoms with Gasteiger partial charge in [-0.05, 0) is 56.4 Å². The van der Waals surface area contributed by atoms with Crippen molar-refractivity contribution in [2.24, 2.45) is 11.8 Å². The maximum Gasteiger partial charge on any atom is 0.266 e. The Hall–Kier alpha value is -4.13. The van der Waals surface area contributed by atoms with Gasteiger partial charge in [-0.2, -0.15) is 10.2 Å². The molecule has 10 nitrogen and oxygen atoms in total. The summed E-state index contributed by atoms with van der Waals surface area (Å²) < 4.78 is 11.2. The zero-order valence-corrected chi connectivity index (χ0v) is 20.1. The lowest BCUT2D eigenvalue weighted by molar-refractivity contribution is -0.139. The first-order valence-corrected chi connectivity index (χ1v) is 12.2. The second kappa shape index (κ2) is 10.2. The highest BCUT2D eigenvalue weighted by atomic mass is 16.4. The van der Waals surface area contributed by atoms with Crippen molar-refractivity contribution < 1.29 is 18.4 Å². The number of nitriles is 1. The fraction of sp³-hybridized carbons (Fsp3) is 0.423. The fourth-order valence-electron chi connectivity index (χ4n) is 4.92. The highest BCUT2D eigenvalue weighted by molar-refractivity contribution is 5.93. The molecule has 186 valence electrons. The van der Waals surface area contributed by atoms with Crippen LogP contribution in [0.3, 0.4) is 0 Å². The van der Waals surface area contributed by atoms with Gasteiger partial charge in [0.15, 0.2) is 5.76 Å². The number of aryl methyl sites for hydroxylation is 1. The molecule has 3 aromatic heterocycles. The average Bonchev–Trinajstić information content (AvgIpc) is 3.60. The number of hydrogen-bond acceptors (Lipinski definition) is 8. The second-order valence-corrected chi connectivity index (χ2v) is 9.30. The third kappa shape index (κ3) is 4.82. The first kappa shape index (κ1) is 23.6. The van der Waals surface area contributed by atoms with E-state index in [2.05, 4.69) is 21.4 Å². The van der Waals surface area contributed by atoms with Crippen molar-refractivity contribution in [2.45, 2.75) is 32.6 Å². The van der Waals surface area contributed by atoms with Gasteiger partial charge in [0.05, 0.1) is 12.2 Å². The fourth-order valence-corrected chi connectivity index (χ4v) is 4.92. The standard InChI is InChI=1S/C26H28N6O4/c1-17-5-2-10-28-22(17)30-23(33)19-6-3-11-32(16-19)25(34)18-8-12-31(13-9-18)26-20(15-27)29-24(36-26)21-7-4-14-35-21/h2,4-5,7,10,14,18-19H,3,6,8-9,11-13,16H2,1H3,(H,28,30,33). The maximum atomic E-state index is 13.3. The number of anilines is 2. The van der Waals surface area contributed by atoms with Crippen LogP contribution in [-0.2, 0) is 9.59 Å². The third-order valence-corrected chi connectivity index (χ3v) is 6.93. The normalized spacial score (nSPS) is 18.6. The Balaban J connectivity index is 1.18. The minimum absolute atomic E-state index is 0.0918. The number of oxazole rings is 1. The smallest absolute Gasteiger partial charge is 0.266 e. The number of nitrogens with zero attached hydrogens (tertiary/aromatic N) is 5. The predicted octanol–water partition coefficient (Wildman–Crippen LogP) is 3.60. The number of furan rings is 1. The highest BCUT2D eigenvalue weighted by Crippen LogP contribution is 2.32. The number of nitrogens with one attached hydrogen (secondary N) is 1. The summed E-state index contributed by atoms with van der Waals surface area (Å²) in [4.78, 5) is 38.5. The van der Waals surface area contributed by atoms with Crippen LogP contribution in [0.4, 0.5) is 11.7 Å². The van der Waals surface area contributed by atoms with Crippen LogP contribution in [0.1, 0.15) is 36.9 Å². The Kier molecular flexibility index (Phi) is 6.71. The number of aromatic nitrogens is 2. The van der Waals surface area contributed by atoms with E-state index in [-0.39, 0.29) is 35.2 Å². The molecule has 2 amide bonds. The van der Waals surface area contributed by atoms with Gasteiger partial charge in [0.25, 0.3) is 5.89 Å². The molecule has 0 bridgehead atoms. The van der Waals surface area contributed by atoms with E-state index in [0.29, 0.717) is 56.5 Å². The Morgan fingerprint density at radius 1 is 1.14 bits per heavy atom. The summed E-state index contributed by atoms with van der Waals surface area (Å²) in [5, 5.41) is 12.4. The molecule has 0 aromatic carbocycles. The van der Waals surface area contributed by atoms with Crippen molar-refractivity contribution in [1.82, 2.24) is 14.9 Å². The molecule has 0 aliphatic carbocycles. The van der Waals surface area contributed by atoms with Gasteiger partial charge in [0.2, 0.25) is 23.4 Å². The molecule has 0 spiro atoms. The van der Waals surface area contributed by atoms with E-state index in [1.54, 1.807) is 18.3 Å². The lowest BCUT2D eigenvalue weighted by Gasteiger charge is -2.37. The van der Waals surface area contributed by atoms with E-state index in [0.717, 1.165) is 18.4 Å². The first-order chi connectivity index (χ1) is 17.5. The summed E-state index contributed by atoms with van der Waals surface area (Å²) in [6.07, 6.45) is 6.00. The number of piperidine rings is 2. The molecule has 2 saturated heterocycles. The lowest BCUT2D eigenvalue weighted by atomic mass is 9.92. The molecule has 5 rings (SSSR count). The van der Waals surface area contributed by atoms with Gasteiger partial charge in [0, 0.05) is 38.3 Å². The molecular formula is C26H28N6O4. The van der Waals surface area contributed by atoms with E-state index in [9.17, 15) is 14.9 Å². The van der Waals surface area contributed by atoms with Crippen molar-refractivity contribution in [3.05, 3.63) is 48.0 Å². The number of carbonyl (C=O) groups excluding carboxylic acids is 2. The van der Waals surface area contributed by atoms with Crippen molar-refractivity contribution in [1.29, 1.82) is 5.26 Å². The van der Waals surface area contributed by atoms with Crippen LogP contribution in [0.15, 0.2) is 45.6 Å². The van der Waals surface area contributed by atoms with Gasteiger partial charge in [-0.15, -0.1) is 0 Å². The van der Waals surface area contributed by atoms with Gasteiger partial charge >= 0.3 is 0 Å². The van der Waals surface area contributed by atoms with Crippen LogP contribution in [0, 0.1) is 30.1 Å². The van der Waals surface area contributed by atoms with Crippen molar-refractivity contribution in [2.75, 3.05) is 36.4 Å². The van der Waals surface area contributed by atoms with Gasteiger partial charge in [-0.25, -0.2) is 4.98 Å². The van der Waals surface area contributed by atoms with Gasteiger partial charge in [-0.3, -0.25) is 9.59 Å². The van der Waals surface area contributed by atoms with Gasteiger partial charge in [-0.1, -0.05) is 6.07 Å². The minimum Gasteiger partial charge on any atom is -0.459 e. The topological polar surface area (TPSA) is 128 Å². The van der Waals surface area contributed by atoms with Crippen molar-refractivity contribution >= 4 is 23.5 Å². The quantitative estimate of drug-likeness (QED) is 0.577. The molecule has 5 heterocycles. The monoisotopic (exact) mass is 488 g/mol. The summed E-state index contributed by atoms with van der Waals surface area (Å²) in [6, 6.07) is 9.29. The SMILES string of the molecule is Cc1cccnc1NC(=O)C1CCCN(C(=O)C2CCN(c3oc(-c4ccco4)nc3C#N)CC2)C1. The number of pyridine rings is 1. The van der Waals surface area contributed by atoms with Gasteiger partial charge < -0.3 is 24.0 Å². The van der Waals surface area contributed by atoms with E-state index >= 15 is 0 Å². The molecule has 2 aliphatic heterocycles. The van der Waals surface area contributed by atoms with Crippen molar-refractivity contribution in [3.63, 3.8) is 0 Å². The number of likely N-dealkylation sites (tertiary alicyclic amines) is 1. The van der Waals surface area contributed by atoms with Crippen LogP contribution in [-0.4, -0.2) is 52.9 Å². The van der Waals surface area contributed by atoms with Crippen LogP contribution in [0.2, 0.25) is 0 Å². The molecule has 1 atom stereocenters.